The first-order valence-corrected chi connectivity index (χ1v) is 8.73. The van der Waals surface area contributed by atoms with Gasteiger partial charge in [-0.1, -0.05) is 18.2 Å². The Labute approximate surface area is 128 Å². The third-order valence-corrected chi connectivity index (χ3v) is 5.54. The smallest absolute Gasteiger partial charge is 0.313 e. The number of hydrogen-bond donors (Lipinski definition) is 1. The van der Waals surface area contributed by atoms with E-state index >= 15 is 0 Å². The number of thioether (sulfide) groups is 1. The van der Waals surface area contributed by atoms with Crippen LogP contribution in [-0.4, -0.2) is 44.2 Å². The number of nitrogens with zero attached hydrogens (tertiary/aromatic N) is 4. The van der Waals surface area contributed by atoms with Crippen molar-refractivity contribution in [2.24, 2.45) is 5.92 Å². The summed E-state index contributed by atoms with van der Waals surface area (Å²) in [6.45, 7) is 3.88. The zero-order valence-electron chi connectivity index (χ0n) is 12.4. The van der Waals surface area contributed by atoms with Crippen LogP contribution in [-0.2, 0) is 11.3 Å². The highest BCUT2D eigenvalue weighted by atomic mass is 32.2. The second kappa shape index (κ2) is 6.25. The number of fused-ring (bicyclic) bond motifs is 1. The van der Waals surface area contributed by atoms with Crippen molar-refractivity contribution in [3.05, 3.63) is 0 Å². The Hall–Kier alpha value is -1.24. The molecule has 2 fully saturated rings. The molecular formula is C14H22N4O2S. The molecule has 1 N–H and O–H groups in total. The average molecular weight is 310 g/mol. The Bertz CT molecular complexity index is 519. The van der Waals surface area contributed by atoms with Gasteiger partial charge >= 0.3 is 5.97 Å². The average Bonchev–Trinajstić information content (AvgIpc) is 3.10. The maximum absolute atomic E-state index is 10.7. The number of hydrogen-bond acceptors (Lipinski definition) is 5. The number of anilines is 1. The minimum atomic E-state index is -0.818. The van der Waals surface area contributed by atoms with Crippen molar-refractivity contribution in [1.29, 1.82) is 0 Å². The molecule has 1 aliphatic carbocycles. The summed E-state index contributed by atoms with van der Waals surface area (Å²) < 4.78 is 2.06. The second-order valence-corrected chi connectivity index (χ2v) is 6.75. The van der Waals surface area contributed by atoms with Crippen LogP contribution >= 0.6 is 11.8 Å². The predicted molar refractivity (Wildman–Crippen MR) is 81.8 cm³/mol. The van der Waals surface area contributed by atoms with E-state index in [0.717, 1.165) is 30.1 Å². The lowest BCUT2D eigenvalue weighted by Gasteiger charge is -2.38. The first-order chi connectivity index (χ1) is 10.2. The van der Waals surface area contributed by atoms with Crippen LogP contribution < -0.4 is 4.90 Å². The number of carboxylic acids is 1. The van der Waals surface area contributed by atoms with Crippen LogP contribution in [0.15, 0.2) is 5.16 Å². The molecule has 2 unspecified atom stereocenters. The molecule has 0 bridgehead atoms. The summed E-state index contributed by atoms with van der Waals surface area (Å²) in [4.78, 5) is 13.2. The van der Waals surface area contributed by atoms with Gasteiger partial charge in [-0.3, -0.25) is 9.36 Å². The fraction of sp³-hybridized carbons (Fsp3) is 0.786. The Morgan fingerprint density at radius 3 is 2.90 bits per heavy atom. The first-order valence-electron chi connectivity index (χ1n) is 7.75. The normalized spacial score (nSPS) is 25.1. The SMILES string of the molecule is CCn1c(SCC(=O)O)nnc1N1CCCC2CCCC21. The lowest BCUT2D eigenvalue weighted by atomic mass is 9.92. The van der Waals surface area contributed by atoms with Gasteiger partial charge in [0.05, 0.1) is 5.75 Å². The van der Waals surface area contributed by atoms with Gasteiger partial charge in [0.1, 0.15) is 0 Å². The summed E-state index contributed by atoms with van der Waals surface area (Å²) in [6, 6.07) is 0.602. The Morgan fingerprint density at radius 2 is 2.14 bits per heavy atom. The van der Waals surface area contributed by atoms with Gasteiger partial charge in [0.2, 0.25) is 5.95 Å². The van der Waals surface area contributed by atoms with Crippen LogP contribution in [0.5, 0.6) is 0 Å². The number of carboxylic acid groups (broad SMARTS) is 1. The van der Waals surface area contributed by atoms with E-state index < -0.39 is 5.97 Å². The molecule has 3 rings (SSSR count). The Kier molecular flexibility index (Phi) is 4.37. The zero-order valence-corrected chi connectivity index (χ0v) is 13.2. The zero-order chi connectivity index (χ0) is 14.8. The summed E-state index contributed by atoms with van der Waals surface area (Å²) in [6.07, 6.45) is 6.45. The quantitative estimate of drug-likeness (QED) is 0.841. The number of carbonyl (C=O) groups is 1. The van der Waals surface area contributed by atoms with Crippen LogP contribution in [0.4, 0.5) is 5.95 Å². The van der Waals surface area contributed by atoms with Gasteiger partial charge in [-0.15, -0.1) is 10.2 Å². The molecule has 0 spiro atoms. The van der Waals surface area contributed by atoms with E-state index in [9.17, 15) is 4.79 Å². The van der Waals surface area contributed by atoms with E-state index in [1.807, 2.05) is 0 Å². The highest BCUT2D eigenvalue weighted by Gasteiger charge is 2.37. The van der Waals surface area contributed by atoms with E-state index in [4.69, 9.17) is 5.11 Å². The molecule has 1 saturated heterocycles. The third-order valence-electron chi connectivity index (χ3n) is 4.59. The number of piperidine rings is 1. The summed E-state index contributed by atoms with van der Waals surface area (Å²) in [5, 5.41) is 18.1. The highest BCUT2D eigenvalue weighted by Crippen LogP contribution is 2.39. The van der Waals surface area contributed by atoms with Crippen LogP contribution in [0, 0.1) is 5.92 Å². The molecule has 2 atom stereocenters. The molecule has 0 amide bonds. The standard InChI is InChI=1S/C14H22N4O2S/c1-2-17-13(15-16-14(17)21-9-12(19)20)18-8-4-6-10-5-3-7-11(10)18/h10-11H,2-9H2,1H3,(H,19,20). The molecule has 2 aliphatic rings. The van der Waals surface area contributed by atoms with Gasteiger partial charge in [0.15, 0.2) is 5.16 Å². The first kappa shape index (κ1) is 14.7. The molecule has 0 radical (unpaired) electrons. The molecule has 2 heterocycles. The van der Waals surface area contributed by atoms with Crippen LogP contribution in [0.25, 0.3) is 0 Å². The molecule has 7 heteroatoms. The highest BCUT2D eigenvalue weighted by molar-refractivity contribution is 7.99. The van der Waals surface area contributed by atoms with Crippen molar-refractivity contribution in [2.45, 2.75) is 56.8 Å². The van der Waals surface area contributed by atoms with Gasteiger partial charge in [-0.05, 0) is 38.5 Å². The van der Waals surface area contributed by atoms with E-state index in [2.05, 4.69) is 26.6 Å². The van der Waals surface area contributed by atoms with Crippen LogP contribution in [0.1, 0.15) is 39.0 Å². The maximum Gasteiger partial charge on any atom is 0.313 e. The third kappa shape index (κ3) is 2.88. The van der Waals surface area contributed by atoms with Gasteiger partial charge in [0.25, 0.3) is 0 Å². The van der Waals surface area contributed by atoms with Gasteiger partial charge < -0.3 is 10.0 Å². The topological polar surface area (TPSA) is 71.2 Å². The largest absolute Gasteiger partial charge is 0.481 e. The molecular weight excluding hydrogens is 288 g/mol. The lowest BCUT2D eigenvalue weighted by molar-refractivity contribution is -0.133. The molecule has 1 aromatic heterocycles. The molecule has 6 nitrogen and oxygen atoms in total. The van der Waals surface area contributed by atoms with Crippen molar-refractivity contribution in [1.82, 2.24) is 14.8 Å². The second-order valence-electron chi connectivity index (χ2n) is 5.80. The van der Waals surface area contributed by atoms with Gasteiger partial charge in [-0.25, -0.2) is 0 Å². The molecule has 1 aromatic rings. The van der Waals surface area contributed by atoms with Crippen LogP contribution in [0.2, 0.25) is 0 Å². The molecule has 1 saturated carbocycles. The Morgan fingerprint density at radius 1 is 1.33 bits per heavy atom. The van der Waals surface area contributed by atoms with E-state index in [1.54, 1.807) is 0 Å². The summed E-state index contributed by atoms with van der Waals surface area (Å²) in [5.41, 5.74) is 0. The summed E-state index contributed by atoms with van der Waals surface area (Å²) in [5.74, 6) is 0.948. The predicted octanol–water partition coefficient (Wildman–Crippen LogP) is 2.24. The fourth-order valence-electron chi connectivity index (χ4n) is 3.71. The van der Waals surface area contributed by atoms with Crippen molar-refractivity contribution in [3.63, 3.8) is 0 Å². The molecule has 21 heavy (non-hydrogen) atoms. The summed E-state index contributed by atoms with van der Waals surface area (Å²) in [7, 11) is 0. The van der Waals surface area contributed by atoms with Gasteiger partial charge in [0, 0.05) is 19.1 Å². The van der Waals surface area contributed by atoms with Crippen molar-refractivity contribution in [2.75, 3.05) is 17.2 Å². The lowest BCUT2D eigenvalue weighted by Crippen LogP contribution is -2.44. The van der Waals surface area contributed by atoms with Crippen LogP contribution in [0.3, 0.4) is 0 Å². The van der Waals surface area contributed by atoms with Gasteiger partial charge in [-0.2, -0.15) is 0 Å². The number of aliphatic carboxylic acids is 1. The number of aromatic nitrogens is 3. The van der Waals surface area contributed by atoms with E-state index in [1.165, 1.54) is 43.9 Å². The van der Waals surface area contributed by atoms with Crippen molar-refractivity contribution < 1.29 is 9.90 Å². The molecule has 1 aliphatic heterocycles. The minimum absolute atomic E-state index is 0.0319. The monoisotopic (exact) mass is 310 g/mol. The fourth-order valence-corrected chi connectivity index (χ4v) is 4.42. The van der Waals surface area contributed by atoms with E-state index in [0.29, 0.717) is 6.04 Å². The molecule has 0 aromatic carbocycles. The van der Waals surface area contributed by atoms with E-state index in [-0.39, 0.29) is 5.75 Å². The Balaban J connectivity index is 1.82. The summed E-state index contributed by atoms with van der Waals surface area (Å²) >= 11 is 1.25. The van der Waals surface area contributed by atoms with Crippen molar-refractivity contribution >= 4 is 23.7 Å². The van der Waals surface area contributed by atoms with Crippen molar-refractivity contribution in [3.8, 4) is 0 Å². The minimum Gasteiger partial charge on any atom is -0.481 e. The molecule has 116 valence electrons. The number of rotatable bonds is 5. The maximum atomic E-state index is 10.7.